The Hall–Kier alpha value is -10.1. The van der Waals surface area contributed by atoms with Crippen molar-refractivity contribution in [3.8, 4) is 105 Å². The Bertz CT molecular complexity index is 6550. The van der Waals surface area contributed by atoms with E-state index in [0.717, 1.165) is 190 Å². The van der Waals surface area contributed by atoms with Gasteiger partial charge in [-0.25, -0.2) is 54.4 Å². The SMILES string of the molecule is CCCCS(=O)c1sc2nc(-c3nccs3)cc(-c3ccc(OCC(=O)O)cc3)c2c1N.CCCCS(=O)c1sc2nc(-c3nccs3)cc(-c3ccc(OCC(=O)OC)cc3)c2c1N.CCCCS(=O)c1sc2nc(-c3nccs3)cc(-c3ccc(OCCO)cc3)c2c1N.CCCCS(=O)c1sc2nc(-c3nccs3)cc(-c3cnc(C4CC4)n3C)c2c1N. The first-order valence-electron chi connectivity index (χ1n) is 40.4. The number of aliphatic hydroxyl groups excluding tert-OH is 1. The number of benzene rings is 3. The van der Waals surface area contributed by atoms with E-state index >= 15 is 0 Å². The third-order valence-electron chi connectivity index (χ3n) is 19.9. The number of carbonyl (C=O) groups excluding carboxylic acids is 1. The van der Waals surface area contributed by atoms with Crippen molar-refractivity contribution in [2.45, 2.75) is 115 Å². The van der Waals surface area contributed by atoms with Crippen molar-refractivity contribution >= 4 is 209 Å². The van der Waals surface area contributed by atoms with Crippen molar-refractivity contribution in [2.75, 3.05) is 79.5 Å². The zero-order valence-corrected chi connectivity index (χ0v) is 79.2. The number of carbonyl (C=O) groups is 2. The Morgan fingerprint density at radius 2 is 0.762 bits per heavy atom. The fourth-order valence-corrected chi connectivity index (χ4v) is 26.9. The molecule has 1 saturated carbocycles. The second-order valence-corrected chi connectivity index (χ2v) is 43.3. The number of aromatic nitrogens is 10. The van der Waals surface area contributed by atoms with Crippen LogP contribution in [0.1, 0.15) is 104 Å². The highest BCUT2D eigenvalue weighted by Gasteiger charge is 2.32. The van der Waals surface area contributed by atoms with Crippen molar-refractivity contribution in [2.24, 2.45) is 7.05 Å². The molecule has 0 amide bonds. The van der Waals surface area contributed by atoms with Crippen LogP contribution in [0.5, 0.6) is 17.2 Å². The second kappa shape index (κ2) is 43.2. The summed E-state index contributed by atoms with van der Waals surface area (Å²) in [5, 5.41) is 32.0. The number of nitrogens with two attached hydrogens (primary N) is 4. The molecular formula is C88H90N14O12S12. The molecule has 0 radical (unpaired) electrons. The van der Waals surface area contributed by atoms with E-state index in [0.29, 0.717) is 81.6 Å². The zero-order valence-electron chi connectivity index (χ0n) is 69.4. The van der Waals surface area contributed by atoms with Gasteiger partial charge in [-0.05, 0) is 133 Å². The third kappa shape index (κ3) is 21.5. The number of aliphatic carboxylic acids is 1. The summed E-state index contributed by atoms with van der Waals surface area (Å²) in [6, 6.07) is 30.1. The molecule has 4 unspecified atom stereocenters. The first-order chi connectivity index (χ1) is 61.2. The molecule has 10 N–H and O–H groups in total. The van der Waals surface area contributed by atoms with Gasteiger partial charge in [-0.1, -0.05) is 89.8 Å². The molecule has 4 atom stereocenters. The Labute approximate surface area is 768 Å². The van der Waals surface area contributed by atoms with Gasteiger partial charge in [0.15, 0.2) is 13.2 Å². The third-order valence-corrected chi connectivity index (χ3v) is 35.0. The van der Waals surface area contributed by atoms with Gasteiger partial charge in [0.05, 0.1) is 91.6 Å². The fourth-order valence-electron chi connectivity index (χ4n) is 13.4. The van der Waals surface area contributed by atoms with Crippen LogP contribution in [-0.2, 0) is 64.6 Å². The molecule has 13 aromatic heterocycles. The number of imidazole rings is 1. The van der Waals surface area contributed by atoms with Crippen LogP contribution in [0.3, 0.4) is 0 Å². The second-order valence-electron chi connectivity index (χ2n) is 28.6. The van der Waals surface area contributed by atoms with Gasteiger partial charge in [0, 0.05) is 109 Å². The maximum absolute atomic E-state index is 12.9. The number of nitrogen functional groups attached to an aromatic ring is 4. The quantitative estimate of drug-likeness (QED) is 0.0204. The van der Waals surface area contributed by atoms with Gasteiger partial charge in [-0.3, -0.25) is 16.8 Å². The molecule has 38 heteroatoms. The monoisotopic (exact) mass is 1920 g/mol. The predicted molar refractivity (Wildman–Crippen MR) is 519 cm³/mol. The summed E-state index contributed by atoms with van der Waals surface area (Å²) in [5.74, 6) is 4.25. The number of esters is 1. The first kappa shape index (κ1) is 92.1. The lowest BCUT2D eigenvalue weighted by Gasteiger charge is -2.09. The van der Waals surface area contributed by atoms with E-state index in [2.05, 4.69) is 70.0 Å². The van der Waals surface area contributed by atoms with Crippen LogP contribution in [0.4, 0.5) is 22.7 Å². The molecule has 16 aromatic rings. The van der Waals surface area contributed by atoms with E-state index in [1.165, 1.54) is 99.3 Å². The van der Waals surface area contributed by atoms with Crippen LogP contribution < -0.4 is 37.1 Å². The lowest BCUT2D eigenvalue weighted by molar-refractivity contribution is -0.143. The van der Waals surface area contributed by atoms with Gasteiger partial charge < -0.3 is 56.7 Å². The summed E-state index contributed by atoms with van der Waals surface area (Å²) in [6.45, 7) is 7.97. The van der Waals surface area contributed by atoms with Gasteiger partial charge in [-0.15, -0.1) is 90.7 Å². The number of pyridine rings is 4. The lowest BCUT2D eigenvalue weighted by atomic mass is 10.0. The van der Waals surface area contributed by atoms with Gasteiger partial charge in [0.1, 0.15) is 109 Å². The Morgan fingerprint density at radius 1 is 0.452 bits per heavy atom. The fraction of sp³-hybridized carbons (Fsp3) is 0.284. The van der Waals surface area contributed by atoms with Crippen molar-refractivity contribution in [1.29, 1.82) is 0 Å². The van der Waals surface area contributed by atoms with Crippen LogP contribution in [-0.4, -0.2) is 145 Å². The largest absolute Gasteiger partial charge is 0.491 e. The van der Waals surface area contributed by atoms with Crippen LogP contribution in [0.2, 0.25) is 0 Å². The molecule has 0 aliphatic heterocycles. The van der Waals surface area contributed by atoms with E-state index in [9.17, 15) is 26.4 Å². The van der Waals surface area contributed by atoms with E-state index in [1.54, 1.807) is 60.4 Å². The minimum Gasteiger partial charge on any atom is -0.491 e. The zero-order chi connectivity index (χ0) is 88.7. The number of fused-ring (bicyclic) bond motifs is 4. The summed E-state index contributed by atoms with van der Waals surface area (Å²) in [4.78, 5) is 66.7. The summed E-state index contributed by atoms with van der Waals surface area (Å²) in [7, 11) is -1.23. The number of aliphatic hydroxyl groups is 1. The smallest absolute Gasteiger partial charge is 0.343 e. The number of methoxy groups -OCH3 is 1. The van der Waals surface area contributed by atoms with Gasteiger partial charge in [0.2, 0.25) is 0 Å². The van der Waals surface area contributed by atoms with Crippen LogP contribution in [0.15, 0.2) is 166 Å². The molecule has 0 spiro atoms. The number of ether oxygens (including phenoxy) is 4. The number of anilines is 4. The number of thiazole rings is 4. The number of carboxylic acids is 1. The molecule has 3 aromatic carbocycles. The van der Waals surface area contributed by atoms with Gasteiger partial charge >= 0.3 is 11.9 Å². The Morgan fingerprint density at radius 3 is 1.05 bits per heavy atom. The number of hydrogen-bond donors (Lipinski definition) is 6. The number of unbranched alkanes of at least 4 members (excludes halogenated alkanes) is 4. The van der Waals surface area contributed by atoms with Gasteiger partial charge in [-0.2, -0.15) is 0 Å². The highest BCUT2D eigenvalue weighted by atomic mass is 32.2. The maximum atomic E-state index is 12.9. The number of thiophene rings is 4. The molecule has 656 valence electrons. The normalized spacial score (nSPS) is 12.9. The van der Waals surface area contributed by atoms with E-state index in [1.807, 2.05) is 94.4 Å². The maximum Gasteiger partial charge on any atom is 0.343 e. The summed E-state index contributed by atoms with van der Waals surface area (Å²) in [5.41, 5.74) is 38.7. The van der Waals surface area contributed by atoms with Crippen molar-refractivity contribution in [1.82, 2.24) is 49.4 Å². The Balaban J connectivity index is 0.000000136. The standard InChI is InChI=1S/C23H23N3O4S3.C22H21N3O4S3.C22H23N3O3S3.C21H23N5OS3/c1-3-4-11-33(28)23-20(24)19-16(12-17(26-22(19)32-23)21-25-9-10-31-21)14-5-7-15(8-6-14)30-13-18(27)29-2;1-2-3-10-32(28)22-19(23)18-15(13-4-6-14(7-5-13)29-12-17(26)27)11-16(25-21(18)31-22)20-24-8-9-30-20;1-2-3-12-31(27)22-19(23)18-16(14-4-6-15(7-5-14)28-10-9-26)13-17(25-21(18)30-22)20-24-8-11-29-20;1-3-4-9-30(27)21-17(22)16-13(15-11-24-18(26(15)2)12-5-6-12)10-14(25-20(16)29-21)19-23-7-8-28-19/h5-10,12H,3-4,11,13,24H2,1-2H3;4-9,11H,2-3,10,12,23H2,1H3,(H,26,27);4-8,11,13,26H,2-3,9-10,12,23H2,1H3;7-8,10-12H,3-6,9,22H2,1-2H3. The van der Waals surface area contributed by atoms with E-state index in [-0.39, 0.29) is 19.8 Å². The molecule has 1 aliphatic rings. The average Bonchev–Trinajstić information content (AvgIpc) is 1.62. The van der Waals surface area contributed by atoms with Crippen molar-refractivity contribution in [3.63, 3.8) is 0 Å². The summed E-state index contributed by atoms with van der Waals surface area (Å²) >= 11 is 11.7. The average molecular weight is 1920 g/mol. The molecule has 13 heterocycles. The first-order valence-corrected chi connectivity index (χ1v) is 52.4. The van der Waals surface area contributed by atoms with Crippen molar-refractivity contribution < 1.29 is 55.6 Å². The van der Waals surface area contributed by atoms with Gasteiger partial charge in [0.25, 0.3) is 0 Å². The number of nitrogens with zero attached hydrogens (tertiary/aromatic N) is 10. The summed E-state index contributed by atoms with van der Waals surface area (Å²) < 4.78 is 77.2. The topological polar surface area (TPSA) is 405 Å². The van der Waals surface area contributed by atoms with E-state index < -0.39 is 61.7 Å². The molecule has 0 bridgehead atoms. The number of rotatable bonds is 34. The molecule has 126 heavy (non-hydrogen) atoms. The van der Waals surface area contributed by atoms with Crippen LogP contribution in [0, 0.1) is 0 Å². The molecular weight excluding hydrogens is 1830 g/mol. The van der Waals surface area contributed by atoms with E-state index in [4.69, 9.17) is 72.3 Å². The Kier molecular flexibility index (Phi) is 31.5. The number of hydrogen-bond acceptors (Lipinski definition) is 32. The highest BCUT2D eigenvalue weighted by Crippen LogP contribution is 2.50. The molecule has 0 saturated heterocycles. The highest BCUT2D eigenvalue weighted by molar-refractivity contribution is 7.88. The van der Waals surface area contributed by atoms with Crippen LogP contribution in [0.25, 0.3) is 128 Å². The number of carboxylic acid groups (broad SMARTS) is 1. The molecule has 1 aliphatic carbocycles. The summed E-state index contributed by atoms with van der Waals surface area (Å²) in [6.07, 6.45) is 18.8. The van der Waals surface area contributed by atoms with Crippen molar-refractivity contribution in [3.05, 3.63) is 155 Å². The minimum absolute atomic E-state index is 0.0344. The predicted octanol–water partition coefficient (Wildman–Crippen LogP) is 20.3. The molecule has 26 nitrogen and oxygen atoms in total. The van der Waals surface area contributed by atoms with Crippen LogP contribution >= 0.6 is 90.7 Å². The molecule has 17 rings (SSSR count). The lowest BCUT2D eigenvalue weighted by Crippen LogP contribution is -2.12. The molecule has 1 fully saturated rings. The minimum atomic E-state index is -1.18.